The molecule has 1 unspecified atom stereocenters. The minimum absolute atomic E-state index is 0.0813. The van der Waals surface area contributed by atoms with Crippen LogP contribution in [0.4, 0.5) is 0 Å². The highest BCUT2D eigenvalue weighted by atomic mass is 15.3. The summed E-state index contributed by atoms with van der Waals surface area (Å²) in [6.07, 6.45) is 0.813. The van der Waals surface area contributed by atoms with Crippen molar-refractivity contribution >= 4 is 10.9 Å². The van der Waals surface area contributed by atoms with Crippen LogP contribution >= 0.6 is 0 Å². The third-order valence-corrected chi connectivity index (χ3v) is 3.84. The van der Waals surface area contributed by atoms with Gasteiger partial charge in [0.2, 0.25) is 0 Å². The molecule has 3 heteroatoms. The third-order valence-electron chi connectivity index (χ3n) is 3.84. The molecule has 0 radical (unpaired) electrons. The fraction of sp³-hybridized carbons (Fsp3) is 0.235. The van der Waals surface area contributed by atoms with E-state index in [4.69, 9.17) is 5.73 Å². The number of hydrogen-bond donors (Lipinski definition) is 1. The first-order chi connectivity index (χ1) is 9.66. The Labute approximate surface area is 119 Å². The van der Waals surface area contributed by atoms with Crippen molar-refractivity contribution < 1.29 is 0 Å². The summed E-state index contributed by atoms with van der Waals surface area (Å²) in [4.78, 5) is 0. The van der Waals surface area contributed by atoms with E-state index in [1.807, 2.05) is 23.9 Å². The van der Waals surface area contributed by atoms with E-state index < -0.39 is 0 Å². The first-order valence-electron chi connectivity index (χ1n) is 6.88. The predicted molar refractivity (Wildman–Crippen MR) is 82.5 cm³/mol. The Morgan fingerprint density at radius 1 is 1.10 bits per heavy atom. The van der Waals surface area contributed by atoms with E-state index >= 15 is 0 Å². The molecule has 0 aliphatic rings. The second kappa shape index (κ2) is 5.10. The van der Waals surface area contributed by atoms with E-state index in [1.165, 1.54) is 11.1 Å². The standard InChI is InChI=1S/C17H19N3/c1-12-7-3-4-8-13(12)11-15(18)17-14-9-5-6-10-16(14)20(2)19-17/h3-10,15H,11,18H2,1-2H3. The van der Waals surface area contributed by atoms with Gasteiger partial charge in [-0.05, 0) is 30.5 Å². The van der Waals surface area contributed by atoms with E-state index in [9.17, 15) is 0 Å². The first kappa shape index (κ1) is 12.9. The lowest BCUT2D eigenvalue weighted by molar-refractivity contribution is 0.663. The Hall–Kier alpha value is -2.13. The molecule has 0 fully saturated rings. The molecule has 20 heavy (non-hydrogen) atoms. The van der Waals surface area contributed by atoms with Gasteiger partial charge in [0.05, 0.1) is 17.3 Å². The van der Waals surface area contributed by atoms with Crippen LogP contribution in [0, 0.1) is 6.92 Å². The SMILES string of the molecule is Cc1ccccc1CC(N)c1nn(C)c2ccccc12. The summed E-state index contributed by atoms with van der Waals surface area (Å²) in [5, 5.41) is 5.76. The van der Waals surface area contributed by atoms with Gasteiger partial charge in [0, 0.05) is 12.4 Å². The van der Waals surface area contributed by atoms with E-state index in [0.29, 0.717) is 0 Å². The molecule has 0 spiro atoms. The van der Waals surface area contributed by atoms with Gasteiger partial charge < -0.3 is 5.73 Å². The number of aromatic nitrogens is 2. The van der Waals surface area contributed by atoms with Gasteiger partial charge in [-0.15, -0.1) is 0 Å². The van der Waals surface area contributed by atoms with Crippen molar-refractivity contribution in [2.75, 3.05) is 0 Å². The highest BCUT2D eigenvalue weighted by molar-refractivity contribution is 5.82. The number of nitrogens with two attached hydrogens (primary N) is 1. The lowest BCUT2D eigenvalue weighted by Crippen LogP contribution is -2.15. The predicted octanol–water partition coefficient (Wildman–Crippen LogP) is 3.12. The van der Waals surface area contributed by atoms with Gasteiger partial charge in [-0.3, -0.25) is 4.68 Å². The summed E-state index contributed by atoms with van der Waals surface area (Å²) < 4.78 is 1.91. The summed E-state index contributed by atoms with van der Waals surface area (Å²) in [5.41, 5.74) is 11.1. The number of para-hydroxylation sites is 1. The molecule has 0 aliphatic carbocycles. The number of benzene rings is 2. The second-order valence-electron chi connectivity index (χ2n) is 5.26. The fourth-order valence-electron chi connectivity index (χ4n) is 2.69. The first-order valence-corrected chi connectivity index (χ1v) is 6.88. The molecule has 0 saturated heterocycles. The maximum atomic E-state index is 6.40. The number of rotatable bonds is 3. The van der Waals surface area contributed by atoms with Crippen LogP contribution < -0.4 is 5.73 Å². The molecule has 3 aromatic rings. The molecular formula is C17H19N3. The van der Waals surface area contributed by atoms with Crippen LogP contribution in [0.5, 0.6) is 0 Å². The van der Waals surface area contributed by atoms with Gasteiger partial charge in [-0.2, -0.15) is 5.10 Å². The molecule has 0 bridgehead atoms. The normalized spacial score (nSPS) is 12.8. The topological polar surface area (TPSA) is 43.8 Å². The largest absolute Gasteiger partial charge is 0.322 e. The molecule has 1 heterocycles. The van der Waals surface area contributed by atoms with Gasteiger partial charge in [-0.1, -0.05) is 42.5 Å². The van der Waals surface area contributed by atoms with Crippen molar-refractivity contribution in [3.05, 3.63) is 65.4 Å². The minimum Gasteiger partial charge on any atom is -0.322 e. The van der Waals surface area contributed by atoms with Crippen molar-refractivity contribution in [1.29, 1.82) is 0 Å². The van der Waals surface area contributed by atoms with E-state index in [2.05, 4.69) is 48.4 Å². The fourth-order valence-corrected chi connectivity index (χ4v) is 2.69. The Bertz CT molecular complexity index is 743. The molecule has 3 nitrogen and oxygen atoms in total. The zero-order valence-electron chi connectivity index (χ0n) is 11.9. The van der Waals surface area contributed by atoms with Crippen molar-refractivity contribution in [3.8, 4) is 0 Å². The summed E-state index contributed by atoms with van der Waals surface area (Å²) in [6, 6.07) is 16.5. The molecule has 1 aromatic heterocycles. The van der Waals surface area contributed by atoms with Crippen molar-refractivity contribution in [3.63, 3.8) is 0 Å². The maximum Gasteiger partial charge on any atom is 0.0873 e. The van der Waals surface area contributed by atoms with Crippen LogP contribution in [0.1, 0.15) is 22.9 Å². The minimum atomic E-state index is -0.0813. The van der Waals surface area contributed by atoms with Crippen molar-refractivity contribution in [2.45, 2.75) is 19.4 Å². The molecule has 3 rings (SSSR count). The second-order valence-corrected chi connectivity index (χ2v) is 5.26. The summed E-state index contributed by atoms with van der Waals surface area (Å²) in [6.45, 7) is 2.12. The van der Waals surface area contributed by atoms with Crippen LogP contribution in [-0.4, -0.2) is 9.78 Å². The molecule has 0 amide bonds. The van der Waals surface area contributed by atoms with Crippen LogP contribution in [0.3, 0.4) is 0 Å². The van der Waals surface area contributed by atoms with Gasteiger partial charge in [-0.25, -0.2) is 0 Å². The monoisotopic (exact) mass is 265 g/mol. The average Bonchev–Trinajstić information content (AvgIpc) is 2.79. The van der Waals surface area contributed by atoms with Gasteiger partial charge >= 0.3 is 0 Å². The Kier molecular flexibility index (Phi) is 3.28. The average molecular weight is 265 g/mol. The Morgan fingerprint density at radius 2 is 1.80 bits per heavy atom. The highest BCUT2D eigenvalue weighted by Gasteiger charge is 2.16. The zero-order valence-corrected chi connectivity index (χ0v) is 11.9. The van der Waals surface area contributed by atoms with Gasteiger partial charge in [0.15, 0.2) is 0 Å². The number of aryl methyl sites for hydroxylation is 2. The van der Waals surface area contributed by atoms with E-state index in [0.717, 1.165) is 23.0 Å². The Morgan fingerprint density at radius 3 is 2.60 bits per heavy atom. The number of hydrogen-bond acceptors (Lipinski definition) is 2. The van der Waals surface area contributed by atoms with Crippen LogP contribution in [0.2, 0.25) is 0 Å². The van der Waals surface area contributed by atoms with Crippen LogP contribution in [0.15, 0.2) is 48.5 Å². The maximum absolute atomic E-state index is 6.40. The molecular weight excluding hydrogens is 246 g/mol. The quantitative estimate of drug-likeness (QED) is 0.790. The van der Waals surface area contributed by atoms with Gasteiger partial charge in [0.25, 0.3) is 0 Å². The van der Waals surface area contributed by atoms with Crippen LogP contribution in [0.25, 0.3) is 10.9 Å². The zero-order chi connectivity index (χ0) is 14.1. The Balaban J connectivity index is 1.97. The lowest BCUT2D eigenvalue weighted by atomic mass is 9.98. The molecule has 0 saturated carbocycles. The van der Waals surface area contributed by atoms with Crippen LogP contribution in [-0.2, 0) is 13.5 Å². The molecule has 0 aliphatic heterocycles. The molecule has 2 aromatic carbocycles. The highest BCUT2D eigenvalue weighted by Crippen LogP contribution is 2.24. The summed E-state index contributed by atoms with van der Waals surface area (Å²) in [5.74, 6) is 0. The van der Waals surface area contributed by atoms with Gasteiger partial charge in [0.1, 0.15) is 0 Å². The van der Waals surface area contributed by atoms with Crippen molar-refractivity contribution in [1.82, 2.24) is 9.78 Å². The molecule has 2 N–H and O–H groups in total. The molecule has 102 valence electrons. The third kappa shape index (κ3) is 2.21. The van der Waals surface area contributed by atoms with E-state index in [1.54, 1.807) is 0 Å². The van der Waals surface area contributed by atoms with Crippen molar-refractivity contribution in [2.24, 2.45) is 12.8 Å². The lowest BCUT2D eigenvalue weighted by Gasteiger charge is -2.11. The number of nitrogens with zero attached hydrogens (tertiary/aromatic N) is 2. The molecule has 1 atom stereocenters. The smallest absolute Gasteiger partial charge is 0.0873 e. The summed E-state index contributed by atoms with van der Waals surface area (Å²) in [7, 11) is 1.96. The summed E-state index contributed by atoms with van der Waals surface area (Å²) >= 11 is 0. The van der Waals surface area contributed by atoms with E-state index in [-0.39, 0.29) is 6.04 Å². The number of fused-ring (bicyclic) bond motifs is 1.